The minimum absolute atomic E-state index is 0.239. The van der Waals surface area contributed by atoms with Crippen LogP contribution in [0.5, 0.6) is 0 Å². The second kappa shape index (κ2) is 6.78. The van der Waals surface area contributed by atoms with Crippen molar-refractivity contribution in [2.24, 2.45) is 5.92 Å². The number of esters is 1. The van der Waals surface area contributed by atoms with Gasteiger partial charge in [-0.05, 0) is 18.8 Å². The Kier molecular flexibility index (Phi) is 5.66. The molecule has 0 aromatic rings. The fourth-order valence-corrected chi connectivity index (χ4v) is 2.14. The van der Waals surface area contributed by atoms with Gasteiger partial charge in [-0.15, -0.1) is 0 Å². The van der Waals surface area contributed by atoms with Crippen molar-refractivity contribution in [2.75, 3.05) is 12.4 Å². The highest BCUT2D eigenvalue weighted by atomic mass is 32.1. The molecule has 1 N–H and O–H groups in total. The van der Waals surface area contributed by atoms with Gasteiger partial charge in [0.1, 0.15) is 6.04 Å². The first kappa shape index (κ1) is 13.4. The lowest BCUT2D eigenvalue weighted by Crippen LogP contribution is -2.42. The summed E-state index contributed by atoms with van der Waals surface area (Å²) in [5, 5.41) is 2.51. The Hall–Kier alpha value is -0.710. The van der Waals surface area contributed by atoms with Gasteiger partial charge in [0.2, 0.25) is 5.91 Å². The highest BCUT2D eigenvalue weighted by molar-refractivity contribution is 7.80. The van der Waals surface area contributed by atoms with Crippen LogP contribution < -0.4 is 5.32 Å². The van der Waals surface area contributed by atoms with Crippen molar-refractivity contribution < 1.29 is 14.3 Å². The van der Waals surface area contributed by atoms with E-state index >= 15 is 0 Å². The van der Waals surface area contributed by atoms with Crippen LogP contribution in [0.3, 0.4) is 0 Å². The zero-order valence-corrected chi connectivity index (χ0v) is 10.5. The van der Waals surface area contributed by atoms with Crippen molar-refractivity contribution in [2.45, 2.75) is 38.6 Å². The van der Waals surface area contributed by atoms with Gasteiger partial charge in [0, 0.05) is 12.7 Å². The van der Waals surface area contributed by atoms with Crippen molar-refractivity contribution in [3.8, 4) is 0 Å². The summed E-state index contributed by atoms with van der Waals surface area (Å²) in [6, 6.07) is -0.623. The van der Waals surface area contributed by atoms with E-state index in [0.717, 1.165) is 12.8 Å². The Labute approximate surface area is 102 Å². The molecule has 0 aromatic heterocycles. The molecule has 1 saturated carbocycles. The maximum absolute atomic E-state index is 11.6. The van der Waals surface area contributed by atoms with E-state index in [1.807, 2.05) is 0 Å². The Morgan fingerprint density at radius 3 is 2.56 bits per heavy atom. The molecule has 5 heteroatoms. The molecular weight excluding hydrogens is 226 g/mol. The zero-order chi connectivity index (χ0) is 12.0. The van der Waals surface area contributed by atoms with Crippen molar-refractivity contribution in [1.29, 1.82) is 0 Å². The molecule has 1 fully saturated rings. The van der Waals surface area contributed by atoms with E-state index in [1.54, 1.807) is 0 Å². The average molecular weight is 245 g/mol. The zero-order valence-electron chi connectivity index (χ0n) is 9.57. The molecule has 0 bridgehead atoms. The summed E-state index contributed by atoms with van der Waals surface area (Å²) in [6.45, 7) is 1.85. The number of carbonyl (C=O) groups excluding carboxylic acids is 2. The number of thiol groups is 1. The second-order valence-electron chi connectivity index (χ2n) is 4.22. The minimum atomic E-state index is -0.623. The highest BCUT2D eigenvalue weighted by Gasteiger charge is 2.22. The Bertz CT molecular complexity index is 252. The van der Waals surface area contributed by atoms with Crippen LogP contribution in [0.2, 0.25) is 0 Å². The summed E-state index contributed by atoms with van der Waals surface area (Å²) >= 11 is 4.02. The van der Waals surface area contributed by atoms with E-state index in [2.05, 4.69) is 17.9 Å². The van der Waals surface area contributed by atoms with E-state index < -0.39 is 6.04 Å². The molecule has 92 valence electrons. The fraction of sp³-hybridized carbons (Fsp3) is 0.818. The SMILES string of the molecule is CC(=O)NC(CS)C(=O)OCC1CCCC1. The predicted molar refractivity (Wildman–Crippen MR) is 64.4 cm³/mol. The topological polar surface area (TPSA) is 55.4 Å². The van der Waals surface area contributed by atoms with E-state index in [4.69, 9.17) is 4.74 Å². The van der Waals surface area contributed by atoms with E-state index in [0.29, 0.717) is 12.5 Å². The quantitative estimate of drug-likeness (QED) is 0.564. The number of amides is 1. The van der Waals surface area contributed by atoms with Crippen molar-refractivity contribution in [3.05, 3.63) is 0 Å². The first-order valence-electron chi connectivity index (χ1n) is 5.68. The van der Waals surface area contributed by atoms with Gasteiger partial charge in [-0.25, -0.2) is 4.79 Å². The Morgan fingerprint density at radius 2 is 2.06 bits per heavy atom. The molecule has 1 aliphatic rings. The van der Waals surface area contributed by atoms with E-state index in [9.17, 15) is 9.59 Å². The number of rotatable bonds is 5. The molecule has 1 amide bonds. The van der Waals surface area contributed by atoms with Crippen molar-refractivity contribution in [3.63, 3.8) is 0 Å². The van der Waals surface area contributed by atoms with Crippen LogP contribution in [0, 0.1) is 5.92 Å². The van der Waals surface area contributed by atoms with Crippen LogP contribution in [0.15, 0.2) is 0 Å². The van der Waals surface area contributed by atoms with Gasteiger partial charge in [0.25, 0.3) is 0 Å². The van der Waals surface area contributed by atoms with E-state index in [-0.39, 0.29) is 17.6 Å². The first-order valence-corrected chi connectivity index (χ1v) is 6.31. The largest absolute Gasteiger partial charge is 0.464 e. The van der Waals surface area contributed by atoms with Crippen molar-refractivity contribution in [1.82, 2.24) is 5.32 Å². The molecule has 16 heavy (non-hydrogen) atoms. The molecule has 0 spiro atoms. The van der Waals surface area contributed by atoms with Gasteiger partial charge in [-0.2, -0.15) is 12.6 Å². The smallest absolute Gasteiger partial charge is 0.329 e. The standard InChI is InChI=1S/C11H19NO3S/c1-8(13)12-10(7-16)11(14)15-6-9-4-2-3-5-9/h9-10,16H,2-7H2,1H3,(H,12,13). The molecule has 0 heterocycles. The molecule has 1 unspecified atom stereocenters. The summed E-state index contributed by atoms with van der Waals surface area (Å²) in [5.74, 6) is 0.152. The lowest BCUT2D eigenvalue weighted by atomic mass is 10.1. The molecule has 0 aliphatic heterocycles. The highest BCUT2D eigenvalue weighted by Crippen LogP contribution is 2.24. The summed E-state index contributed by atoms with van der Waals surface area (Å²) in [6.07, 6.45) is 4.73. The molecule has 4 nitrogen and oxygen atoms in total. The van der Waals surface area contributed by atoms with Gasteiger partial charge in [-0.1, -0.05) is 12.8 Å². The maximum atomic E-state index is 11.6. The molecule has 0 aromatic carbocycles. The minimum Gasteiger partial charge on any atom is -0.464 e. The third kappa shape index (κ3) is 4.43. The van der Waals surface area contributed by atoms with Crippen LogP contribution in [0.1, 0.15) is 32.6 Å². The third-order valence-electron chi connectivity index (χ3n) is 2.78. The lowest BCUT2D eigenvalue weighted by Gasteiger charge is -2.16. The number of ether oxygens (including phenoxy) is 1. The summed E-state index contributed by atoms with van der Waals surface area (Å²) in [7, 11) is 0. The predicted octanol–water partition coefficient (Wildman–Crippen LogP) is 1.15. The van der Waals surface area contributed by atoms with Crippen LogP contribution in [-0.4, -0.2) is 30.3 Å². The van der Waals surface area contributed by atoms with Crippen LogP contribution in [0.25, 0.3) is 0 Å². The average Bonchev–Trinajstić information content (AvgIpc) is 2.75. The van der Waals surface area contributed by atoms with E-state index in [1.165, 1.54) is 19.8 Å². The Morgan fingerprint density at radius 1 is 1.44 bits per heavy atom. The van der Waals surface area contributed by atoms with Gasteiger partial charge in [0.05, 0.1) is 6.61 Å². The van der Waals surface area contributed by atoms with Gasteiger partial charge < -0.3 is 10.1 Å². The molecular formula is C11H19NO3S. The fourth-order valence-electron chi connectivity index (χ4n) is 1.90. The van der Waals surface area contributed by atoms with Gasteiger partial charge >= 0.3 is 5.97 Å². The number of hydrogen-bond acceptors (Lipinski definition) is 4. The molecule has 1 atom stereocenters. The second-order valence-corrected chi connectivity index (χ2v) is 4.58. The van der Waals surface area contributed by atoms with Gasteiger partial charge in [0.15, 0.2) is 0 Å². The normalized spacial score (nSPS) is 18.1. The van der Waals surface area contributed by atoms with Crippen LogP contribution >= 0.6 is 12.6 Å². The number of hydrogen-bond donors (Lipinski definition) is 2. The maximum Gasteiger partial charge on any atom is 0.329 e. The molecule has 1 rings (SSSR count). The molecule has 1 aliphatic carbocycles. The van der Waals surface area contributed by atoms with Gasteiger partial charge in [-0.3, -0.25) is 4.79 Å². The third-order valence-corrected chi connectivity index (χ3v) is 3.15. The van der Waals surface area contributed by atoms with Crippen molar-refractivity contribution >= 4 is 24.5 Å². The summed E-state index contributed by atoms with van der Waals surface area (Å²) < 4.78 is 5.18. The summed E-state index contributed by atoms with van der Waals surface area (Å²) in [4.78, 5) is 22.4. The number of nitrogens with one attached hydrogen (secondary N) is 1. The lowest BCUT2D eigenvalue weighted by molar-refractivity contribution is -0.148. The Balaban J connectivity index is 2.28. The van der Waals surface area contributed by atoms with Crippen LogP contribution in [0.4, 0.5) is 0 Å². The molecule has 0 saturated heterocycles. The van der Waals surface area contributed by atoms with Crippen LogP contribution in [-0.2, 0) is 14.3 Å². The molecule has 0 radical (unpaired) electrons. The summed E-state index contributed by atoms with van der Waals surface area (Å²) in [5.41, 5.74) is 0. The first-order chi connectivity index (χ1) is 7.63. The monoisotopic (exact) mass is 245 g/mol. The number of carbonyl (C=O) groups is 2.